The molecule has 0 aromatic heterocycles. The first-order valence-corrected chi connectivity index (χ1v) is 15.3. The van der Waals surface area contributed by atoms with E-state index in [1.807, 2.05) is 25.9 Å². The Kier molecular flexibility index (Phi) is 10.4. The van der Waals surface area contributed by atoms with Crippen molar-refractivity contribution >= 4 is 23.6 Å². The first kappa shape index (κ1) is 35.3. The number of aliphatic hydroxyl groups is 1. The third-order valence-corrected chi connectivity index (χ3v) is 9.70. The second-order valence-electron chi connectivity index (χ2n) is 14.1. The van der Waals surface area contributed by atoms with E-state index in [2.05, 4.69) is 5.32 Å². The maximum Gasteiger partial charge on any atom is 0.408 e. The van der Waals surface area contributed by atoms with E-state index in [4.69, 9.17) is 18.9 Å². The van der Waals surface area contributed by atoms with Crippen LogP contribution in [0.5, 0.6) is 0 Å². The molecular weight excluding hydrogens is 563 g/mol. The highest BCUT2D eigenvalue weighted by molar-refractivity contribution is 6.00. The van der Waals surface area contributed by atoms with Crippen LogP contribution in [-0.2, 0) is 33.3 Å². The fraction of sp³-hybridized carbons (Fsp3) is 0.871. The van der Waals surface area contributed by atoms with Crippen LogP contribution in [0.4, 0.5) is 9.18 Å². The number of alkyl carbamates (subject to hydrolysis) is 1. The number of amides is 1. The zero-order valence-electron chi connectivity index (χ0n) is 27.4. The molecule has 0 bridgehead atoms. The molecule has 0 spiro atoms. The summed E-state index contributed by atoms with van der Waals surface area (Å²) in [6.07, 6.45) is -4.99. The molecule has 2 N–H and O–H groups in total. The molecule has 0 radical (unpaired) electrons. The van der Waals surface area contributed by atoms with Crippen LogP contribution in [0.25, 0.3) is 0 Å². The zero-order chi connectivity index (χ0) is 32.8. The number of likely N-dealkylation sites (N-methyl/N-ethyl adjacent to an activating group) is 1. The van der Waals surface area contributed by atoms with Gasteiger partial charge in [-0.05, 0) is 66.5 Å². The molecule has 43 heavy (non-hydrogen) atoms. The third kappa shape index (κ3) is 6.92. The Morgan fingerprint density at radius 2 is 1.65 bits per heavy atom. The number of nitrogens with zero attached hydrogens (tertiary/aromatic N) is 1. The molecule has 3 heterocycles. The van der Waals surface area contributed by atoms with Crippen molar-refractivity contribution in [3.05, 3.63) is 0 Å². The van der Waals surface area contributed by atoms with Crippen molar-refractivity contribution in [2.24, 2.45) is 23.2 Å². The van der Waals surface area contributed by atoms with Crippen molar-refractivity contribution in [2.75, 3.05) is 14.1 Å². The predicted octanol–water partition coefficient (Wildman–Crippen LogP) is 3.19. The van der Waals surface area contributed by atoms with Crippen molar-refractivity contribution in [1.82, 2.24) is 10.2 Å². The summed E-state index contributed by atoms with van der Waals surface area (Å²) >= 11 is 0. The van der Waals surface area contributed by atoms with Gasteiger partial charge >= 0.3 is 12.1 Å². The smallest absolute Gasteiger partial charge is 0.408 e. The normalized spacial score (nSPS) is 44.7. The Hall–Kier alpha value is -2.15. The summed E-state index contributed by atoms with van der Waals surface area (Å²) in [5.74, 6) is -5.38. The number of hydrogen-bond donors (Lipinski definition) is 2. The highest BCUT2D eigenvalue weighted by Gasteiger charge is 2.59. The molecular formula is C31H51FN2O9. The number of hydrogen-bond acceptors (Lipinski definition) is 10. The molecule has 3 fully saturated rings. The minimum absolute atomic E-state index is 0.207. The van der Waals surface area contributed by atoms with Gasteiger partial charge < -0.3 is 34.3 Å². The first-order valence-electron chi connectivity index (χ1n) is 15.3. The van der Waals surface area contributed by atoms with Gasteiger partial charge in [-0.15, -0.1) is 0 Å². The molecule has 12 heteroatoms. The van der Waals surface area contributed by atoms with Crippen LogP contribution >= 0.6 is 0 Å². The van der Waals surface area contributed by atoms with Crippen molar-refractivity contribution in [2.45, 2.75) is 136 Å². The lowest BCUT2D eigenvalue weighted by molar-refractivity contribution is -0.286. The lowest BCUT2D eigenvalue weighted by atomic mass is 9.68. The van der Waals surface area contributed by atoms with E-state index in [1.54, 1.807) is 34.6 Å². The molecule has 0 unspecified atom stereocenters. The molecule has 0 saturated carbocycles. The largest absolute Gasteiger partial charge is 0.458 e. The van der Waals surface area contributed by atoms with Crippen LogP contribution in [-0.4, -0.2) is 102 Å². The van der Waals surface area contributed by atoms with Gasteiger partial charge in [-0.1, -0.05) is 34.6 Å². The molecule has 3 saturated heterocycles. The Labute approximate surface area is 254 Å². The quantitative estimate of drug-likeness (QED) is 0.358. The molecule has 3 rings (SSSR count). The maximum absolute atomic E-state index is 16.6. The minimum atomic E-state index is -2.42. The van der Waals surface area contributed by atoms with E-state index in [1.165, 1.54) is 20.8 Å². The summed E-state index contributed by atoms with van der Waals surface area (Å²) in [6.45, 7) is 14.2. The lowest BCUT2D eigenvalue weighted by Crippen LogP contribution is -2.59. The molecule has 0 aliphatic carbocycles. The van der Waals surface area contributed by atoms with Gasteiger partial charge in [-0.3, -0.25) is 14.4 Å². The van der Waals surface area contributed by atoms with E-state index in [9.17, 15) is 24.3 Å². The number of rotatable bonds is 4. The Morgan fingerprint density at radius 1 is 1.05 bits per heavy atom. The molecule has 12 atom stereocenters. The topological polar surface area (TPSA) is 141 Å². The summed E-state index contributed by atoms with van der Waals surface area (Å²) in [5, 5.41) is 13.8. The number of carbonyl (C=O) groups excluding carboxylic acids is 4. The summed E-state index contributed by atoms with van der Waals surface area (Å²) in [4.78, 5) is 55.4. The van der Waals surface area contributed by atoms with Crippen LogP contribution in [0.1, 0.15) is 81.6 Å². The monoisotopic (exact) mass is 614 g/mol. The molecule has 0 aromatic rings. The fourth-order valence-electron chi connectivity index (χ4n) is 7.41. The van der Waals surface area contributed by atoms with Crippen molar-refractivity contribution < 1.29 is 47.6 Å². The van der Waals surface area contributed by atoms with Gasteiger partial charge in [0, 0.05) is 17.9 Å². The number of fused-ring (bicyclic) bond motifs is 1. The highest BCUT2D eigenvalue weighted by Crippen LogP contribution is 2.44. The number of aliphatic hydroxyl groups excluding tert-OH is 1. The number of nitrogens with one attached hydrogen (secondary N) is 1. The van der Waals surface area contributed by atoms with Gasteiger partial charge in [0.1, 0.15) is 18.1 Å². The Balaban J connectivity index is 2.10. The fourth-order valence-corrected chi connectivity index (χ4v) is 7.41. The van der Waals surface area contributed by atoms with Gasteiger partial charge in [-0.2, -0.15) is 0 Å². The summed E-state index contributed by atoms with van der Waals surface area (Å²) < 4.78 is 40.4. The number of alkyl halides is 1. The predicted molar refractivity (Wildman–Crippen MR) is 155 cm³/mol. The van der Waals surface area contributed by atoms with Gasteiger partial charge in [0.2, 0.25) is 0 Å². The van der Waals surface area contributed by atoms with Crippen LogP contribution < -0.4 is 5.32 Å². The number of ketones is 2. The van der Waals surface area contributed by atoms with Crippen LogP contribution in [0, 0.1) is 23.2 Å². The van der Waals surface area contributed by atoms with Gasteiger partial charge in [0.05, 0.1) is 18.2 Å². The molecule has 0 aromatic carbocycles. The van der Waals surface area contributed by atoms with E-state index in [0.29, 0.717) is 6.42 Å². The third-order valence-electron chi connectivity index (χ3n) is 9.70. The zero-order valence-corrected chi connectivity index (χ0v) is 27.4. The number of cyclic esters (lactones) is 1. The SMILES string of the molecule is CC[C@H]1OC(=O)[C@H](C)C(=O)[C@H](C)[C@@H](O[C@@H]2O[C@H](C)C[C@H](N(C)C)[C@H]2O)C(C)(C)C[C@](C)(F)C(=O)[C@H](C)[C@H]2NC(=O)O[C@@]21C. The minimum Gasteiger partial charge on any atom is -0.458 e. The van der Waals surface area contributed by atoms with Crippen LogP contribution in [0.15, 0.2) is 0 Å². The average molecular weight is 615 g/mol. The van der Waals surface area contributed by atoms with E-state index in [0.717, 1.165) is 0 Å². The second kappa shape index (κ2) is 12.7. The summed E-state index contributed by atoms with van der Waals surface area (Å²) in [6, 6.07) is -1.30. The molecule has 1 amide bonds. The van der Waals surface area contributed by atoms with E-state index in [-0.39, 0.29) is 25.0 Å². The van der Waals surface area contributed by atoms with Gasteiger partial charge in [-0.25, -0.2) is 9.18 Å². The average Bonchev–Trinajstić information content (AvgIpc) is 3.22. The number of halogens is 1. The van der Waals surface area contributed by atoms with Crippen molar-refractivity contribution in [3.8, 4) is 0 Å². The Morgan fingerprint density at radius 3 is 2.21 bits per heavy atom. The number of ether oxygens (including phenoxy) is 4. The van der Waals surface area contributed by atoms with E-state index < -0.39 is 88.7 Å². The molecule has 3 aliphatic rings. The maximum atomic E-state index is 16.6. The van der Waals surface area contributed by atoms with Gasteiger partial charge in [0.15, 0.2) is 29.1 Å². The molecule has 3 aliphatic heterocycles. The van der Waals surface area contributed by atoms with Crippen LogP contribution in [0.3, 0.4) is 0 Å². The highest BCUT2D eigenvalue weighted by atomic mass is 19.1. The first-order chi connectivity index (χ1) is 19.7. The van der Waals surface area contributed by atoms with Crippen molar-refractivity contribution in [3.63, 3.8) is 0 Å². The van der Waals surface area contributed by atoms with Gasteiger partial charge in [0.25, 0.3) is 0 Å². The summed E-state index contributed by atoms with van der Waals surface area (Å²) in [5.41, 5.74) is -5.08. The number of Topliss-reactive ketones (excluding diaryl/α,β-unsaturated/α-hetero) is 2. The molecule has 246 valence electrons. The summed E-state index contributed by atoms with van der Waals surface area (Å²) in [7, 11) is 3.67. The van der Waals surface area contributed by atoms with E-state index >= 15 is 4.39 Å². The lowest BCUT2D eigenvalue weighted by Gasteiger charge is -2.47. The second-order valence-corrected chi connectivity index (χ2v) is 14.1. The Bertz CT molecular complexity index is 1080. The number of carbonyl (C=O) groups is 4. The standard InChI is InChI=1S/C31H51FN2O9/c1-12-20-31(9)23(33-28(39)43-31)18(5)24(37)30(8,32)14-29(6,7)25(16(3)21(35)17(4)26(38)41-20)42-27-22(36)19(34(10)11)13-15(2)40-27/h15-20,22-23,25,27,36H,12-14H2,1-11H3,(H,33,39)/t15-,16+,17-,18-,19+,20-,22-,23-,25-,27+,30+,31-/m1/s1. The molecule has 11 nitrogen and oxygen atoms in total. The van der Waals surface area contributed by atoms with Crippen molar-refractivity contribution in [1.29, 1.82) is 0 Å². The van der Waals surface area contributed by atoms with Crippen LogP contribution in [0.2, 0.25) is 0 Å². The number of esters is 1.